The lowest BCUT2D eigenvalue weighted by atomic mass is 9.83. The van der Waals surface area contributed by atoms with Crippen LogP contribution in [0.25, 0.3) is 0 Å². The normalized spacial score (nSPS) is 46.6. The summed E-state index contributed by atoms with van der Waals surface area (Å²) in [6, 6.07) is -4.04. The van der Waals surface area contributed by atoms with Crippen LogP contribution in [0.5, 0.6) is 0 Å². The van der Waals surface area contributed by atoms with E-state index in [1.165, 1.54) is 0 Å². The molecular formula is C22H43N5O12. The van der Waals surface area contributed by atoms with Gasteiger partial charge in [0.2, 0.25) is 5.91 Å². The number of aliphatic hydroxyl groups excluding tert-OH is 7. The van der Waals surface area contributed by atoms with Crippen LogP contribution in [0.4, 0.5) is 0 Å². The van der Waals surface area contributed by atoms with Crippen LogP contribution in [-0.4, -0.2) is 153 Å². The van der Waals surface area contributed by atoms with Crippen molar-refractivity contribution in [3.8, 4) is 0 Å². The molecule has 17 nitrogen and oxygen atoms in total. The van der Waals surface area contributed by atoms with Crippen molar-refractivity contribution in [3.05, 3.63) is 0 Å². The number of aliphatic hydroxyl groups is 7. The monoisotopic (exact) mass is 569 g/mol. The number of amides is 1. The molecule has 2 saturated heterocycles. The van der Waals surface area contributed by atoms with Gasteiger partial charge in [-0.15, -0.1) is 0 Å². The molecule has 39 heavy (non-hydrogen) atoms. The first-order valence-corrected chi connectivity index (χ1v) is 12.9. The minimum atomic E-state index is -1.57. The topological polar surface area (TPSA) is 312 Å². The number of hydrogen-bond donors (Lipinski definition) is 12. The molecule has 3 fully saturated rings. The maximum atomic E-state index is 12.4. The standard InChI is InChI=1S/C22H43N5O12/c1-6(24)17-15(33)16(34)22(37-17)39-19-12(30)8(27-20(35)9(29)2-3-23)4-7(25)18(19)38-21-11(26)14(32)13(31)10(5-28)36-21/h6-19,21-22,28-34H,2-5,23-26H2,1H3,(H,27,35)/t6-,7?,8-,9+,10?,11+,12?,13-,14?,15?,16?,17-,18-,19?,21-,22+/m1/s1. The Labute approximate surface area is 224 Å². The van der Waals surface area contributed by atoms with E-state index in [4.69, 9.17) is 41.9 Å². The molecule has 1 amide bonds. The molecule has 0 radical (unpaired) electrons. The van der Waals surface area contributed by atoms with E-state index in [1.54, 1.807) is 6.92 Å². The van der Waals surface area contributed by atoms with Gasteiger partial charge in [0.15, 0.2) is 12.6 Å². The molecule has 0 aromatic rings. The molecule has 228 valence electrons. The van der Waals surface area contributed by atoms with E-state index >= 15 is 0 Å². The first kappa shape index (κ1) is 32.4. The third-order valence-corrected chi connectivity index (χ3v) is 7.38. The lowest BCUT2D eigenvalue weighted by Gasteiger charge is -2.47. The Kier molecular flexibility index (Phi) is 11.4. The van der Waals surface area contributed by atoms with Crippen molar-refractivity contribution in [2.24, 2.45) is 22.9 Å². The summed E-state index contributed by atoms with van der Waals surface area (Å²) in [4.78, 5) is 12.4. The van der Waals surface area contributed by atoms with Crippen LogP contribution >= 0.6 is 0 Å². The SMILES string of the molecule is C[C@@H](N)[C@H]1O[C@@H](OC2C(O)[C@H](NC(=O)[C@@H](O)CCN)CC(N)[C@H]2O[C@H]2OC(CO)[C@@H](O)C(O)[C@@H]2N)C(O)C1O. The maximum Gasteiger partial charge on any atom is 0.249 e. The molecule has 16 atom stereocenters. The van der Waals surface area contributed by atoms with E-state index in [0.717, 1.165) is 0 Å². The van der Waals surface area contributed by atoms with E-state index in [2.05, 4.69) is 5.32 Å². The van der Waals surface area contributed by atoms with Crippen molar-refractivity contribution in [2.75, 3.05) is 13.2 Å². The molecule has 0 bridgehead atoms. The molecule has 16 N–H and O–H groups in total. The van der Waals surface area contributed by atoms with Crippen molar-refractivity contribution in [2.45, 2.75) is 118 Å². The second kappa shape index (κ2) is 13.7. The summed E-state index contributed by atoms with van der Waals surface area (Å²) >= 11 is 0. The van der Waals surface area contributed by atoms with Gasteiger partial charge in [-0.05, 0) is 26.3 Å². The summed E-state index contributed by atoms with van der Waals surface area (Å²) in [7, 11) is 0. The van der Waals surface area contributed by atoms with Gasteiger partial charge < -0.3 is 82.9 Å². The van der Waals surface area contributed by atoms with E-state index in [0.29, 0.717) is 0 Å². The van der Waals surface area contributed by atoms with Crippen molar-refractivity contribution >= 4 is 5.91 Å². The summed E-state index contributed by atoms with van der Waals surface area (Å²) < 4.78 is 22.9. The summed E-state index contributed by atoms with van der Waals surface area (Å²) in [5, 5.41) is 74.5. The Bertz CT molecular complexity index is 799. The molecule has 0 spiro atoms. The number of hydrogen-bond acceptors (Lipinski definition) is 16. The highest BCUT2D eigenvalue weighted by Gasteiger charge is 2.53. The Morgan fingerprint density at radius 1 is 0.974 bits per heavy atom. The smallest absolute Gasteiger partial charge is 0.249 e. The van der Waals surface area contributed by atoms with Crippen molar-refractivity contribution in [3.63, 3.8) is 0 Å². The lowest BCUT2D eigenvalue weighted by molar-refractivity contribution is -0.310. The number of carbonyl (C=O) groups excluding carboxylic acids is 1. The van der Waals surface area contributed by atoms with Crippen LogP contribution in [0.3, 0.4) is 0 Å². The summed E-state index contributed by atoms with van der Waals surface area (Å²) in [6.07, 6.45) is -17.0. The van der Waals surface area contributed by atoms with Crippen LogP contribution in [-0.2, 0) is 23.7 Å². The molecule has 3 aliphatic rings. The highest BCUT2D eigenvalue weighted by atomic mass is 16.7. The minimum absolute atomic E-state index is 0.0257. The number of ether oxygens (including phenoxy) is 4. The van der Waals surface area contributed by atoms with Crippen LogP contribution < -0.4 is 28.3 Å². The number of nitrogens with two attached hydrogens (primary N) is 4. The predicted octanol–water partition coefficient (Wildman–Crippen LogP) is -7.40. The van der Waals surface area contributed by atoms with Gasteiger partial charge in [0.05, 0.1) is 18.7 Å². The lowest BCUT2D eigenvalue weighted by Crippen LogP contribution is -2.69. The van der Waals surface area contributed by atoms with Crippen LogP contribution in [0.15, 0.2) is 0 Å². The van der Waals surface area contributed by atoms with Gasteiger partial charge in [0, 0.05) is 12.1 Å². The fourth-order valence-corrected chi connectivity index (χ4v) is 5.04. The van der Waals surface area contributed by atoms with Gasteiger partial charge in [-0.3, -0.25) is 4.79 Å². The third-order valence-electron chi connectivity index (χ3n) is 7.38. The molecular weight excluding hydrogens is 526 g/mol. The average molecular weight is 570 g/mol. The number of nitrogens with one attached hydrogen (secondary N) is 1. The highest BCUT2D eigenvalue weighted by molar-refractivity contribution is 5.80. The first-order valence-electron chi connectivity index (χ1n) is 12.9. The first-order chi connectivity index (χ1) is 18.3. The molecule has 2 heterocycles. The molecule has 3 rings (SSSR count). The molecule has 0 aromatic heterocycles. The fraction of sp³-hybridized carbons (Fsp3) is 0.955. The number of carbonyl (C=O) groups is 1. The van der Waals surface area contributed by atoms with E-state index in [1.807, 2.05) is 0 Å². The average Bonchev–Trinajstić information content (AvgIpc) is 3.17. The Morgan fingerprint density at radius 2 is 1.62 bits per heavy atom. The molecule has 2 aliphatic heterocycles. The second-order valence-corrected chi connectivity index (χ2v) is 10.4. The Morgan fingerprint density at radius 3 is 2.18 bits per heavy atom. The summed E-state index contributed by atoms with van der Waals surface area (Å²) in [6.45, 7) is 0.930. The number of rotatable bonds is 10. The summed E-state index contributed by atoms with van der Waals surface area (Å²) in [5.41, 5.74) is 23.6. The maximum absolute atomic E-state index is 12.4. The van der Waals surface area contributed by atoms with E-state index in [-0.39, 0.29) is 19.4 Å². The van der Waals surface area contributed by atoms with Gasteiger partial charge in [0.25, 0.3) is 0 Å². The fourth-order valence-electron chi connectivity index (χ4n) is 5.04. The Hall–Kier alpha value is -1.13. The highest BCUT2D eigenvalue weighted by Crippen LogP contribution is 2.33. The quantitative estimate of drug-likeness (QED) is 0.116. The molecule has 1 saturated carbocycles. The third kappa shape index (κ3) is 7.03. The van der Waals surface area contributed by atoms with Gasteiger partial charge in [-0.25, -0.2) is 0 Å². The van der Waals surface area contributed by atoms with Gasteiger partial charge in [0.1, 0.15) is 61.0 Å². The van der Waals surface area contributed by atoms with E-state index in [9.17, 15) is 40.5 Å². The Balaban J connectivity index is 1.85. The molecule has 7 unspecified atom stereocenters. The molecule has 1 aliphatic carbocycles. The van der Waals surface area contributed by atoms with Crippen LogP contribution in [0.1, 0.15) is 19.8 Å². The van der Waals surface area contributed by atoms with Gasteiger partial charge in [-0.2, -0.15) is 0 Å². The van der Waals surface area contributed by atoms with Crippen molar-refractivity contribution in [1.82, 2.24) is 5.32 Å². The van der Waals surface area contributed by atoms with Gasteiger partial charge >= 0.3 is 0 Å². The van der Waals surface area contributed by atoms with Crippen molar-refractivity contribution < 1.29 is 59.5 Å². The van der Waals surface area contributed by atoms with Crippen molar-refractivity contribution in [1.29, 1.82) is 0 Å². The van der Waals surface area contributed by atoms with Gasteiger partial charge in [-0.1, -0.05) is 0 Å². The minimum Gasteiger partial charge on any atom is -0.394 e. The zero-order valence-electron chi connectivity index (χ0n) is 21.5. The van der Waals surface area contributed by atoms with E-state index < -0.39 is 110 Å². The molecule has 0 aromatic carbocycles. The molecule has 17 heteroatoms. The summed E-state index contributed by atoms with van der Waals surface area (Å²) in [5.74, 6) is -0.806. The van der Waals surface area contributed by atoms with Crippen LogP contribution in [0.2, 0.25) is 0 Å². The predicted molar refractivity (Wildman–Crippen MR) is 130 cm³/mol. The largest absolute Gasteiger partial charge is 0.394 e. The zero-order valence-corrected chi connectivity index (χ0v) is 21.5. The van der Waals surface area contributed by atoms with Crippen LogP contribution in [0, 0.1) is 0 Å². The zero-order chi connectivity index (χ0) is 29.2. The second-order valence-electron chi connectivity index (χ2n) is 10.4.